The SMILES string of the molecule is COC[C@@H]1CCCN1[C@]12CCCCC[C@H]1C(OC)=C[C@H]2c1ccco1. The van der Waals surface area contributed by atoms with Crippen LogP contribution < -0.4 is 0 Å². The average molecular weight is 345 g/mol. The molecule has 0 N–H and O–H groups in total. The van der Waals surface area contributed by atoms with E-state index in [2.05, 4.69) is 17.0 Å². The molecule has 0 unspecified atom stereocenters. The number of fused-ring (bicyclic) bond motifs is 1. The molecule has 2 fully saturated rings. The molecule has 3 aliphatic rings. The quantitative estimate of drug-likeness (QED) is 0.795. The van der Waals surface area contributed by atoms with E-state index >= 15 is 0 Å². The van der Waals surface area contributed by atoms with Crippen molar-refractivity contribution in [3.63, 3.8) is 0 Å². The number of rotatable bonds is 5. The van der Waals surface area contributed by atoms with Crippen LogP contribution in [0.4, 0.5) is 0 Å². The highest BCUT2D eigenvalue weighted by atomic mass is 16.5. The zero-order valence-electron chi connectivity index (χ0n) is 15.6. The van der Waals surface area contributed by atoms with E-state index in [1.807, 2.05) is 26.5 Å². The van der Waals surface area contributed by atoms with Crippen molar-refractivity contribution < 1.29 is 13.9 Å². The van der Waals surface area contributed by atoms with Gasteiger partial charge in [-0.25, -0.2) is 0 Å². The Balaban J connectivity index is 1.80. The third kappa shape index (κ3) is 2.74. The first-order valence-corrected chi connectivity index (χ1v) is 9.86. The van der Waals surface area contributed by atoms with E-state index in [1.54, 1.807) is 0 Å². The summed E-state index contributed by atoms with van der Waals surface area (Å²) in [6.07, 6.45) is 13.0. The van der Waals surface area contributed by atoms with Gasteiger partial charge in [0.1, 0.15) is 5.76 Å². The highest BCUT2D eigenvalue weighted by Crippen LogP contribution is 2.56. The van der Waals surface area contributed by atoms with Crippen molar-refractivity contribution in [1.82, 2.24) is 4.90 Å². The molecule has 0 radical (unpaired) electrons. The molecule has 25 heavy (non-hydrogen) atoms. The Hall–Kier alpha value is -1.26. The lowest BCUT2D eigenvalue weighted by atomic mass is 9.72. The van der Waals surface area contributed by atoms with Gasteiger partial charge in [-0.05, 0) is 50.4 Å². The van der Waals surface area contributed by atoms with Crippen molar-refractivity contribution in [3.05, 3.63) is 36.0 Å². The second-order valence-electron chi connectivity index (χ2n) is 7.85. The van der Waals surface area contributed by atoms with Gasteiger partial charge in [0.15, 0.2) is 0 Å². The molecule has 0 spiro atoms. The highest BCUT2D eigenvalue weighted by Gasteiger charge is 2.58. The van der Waals surface area contributed by atoms with Crippen LogP contribution in [-0.2, 0) is 9.47 Å². The lowest BCUT2D eigenvalue weighted by Crippen LogP contribution is -2.57. The molecular formula is C21H31NO3. The Morgan fingerprint density at radius 3 is 2.88 bits per heavy atom. The zero-order valence-corrected chi connectivity index (χ0v) is 15.6. The molecular weight excluding hydrogens is 314 g/mol. The number of furan rings is 1. The minimum atomic E-state index is 0.0827. The Bertz CT molecular complexity index is 596. The van der Waals surface area contributed by atoms with Crippen molar-refractivity contribution in [2.75, 3.05) is 27.4 Å². The fraction of sp³-hybridized carbons (Fsp3) is 0.714. The summed E-state index contributed by atoms with van der Waals surface area (Å²) in [6, 6.07) is 4.67. The molecule has 1 aliphatic heterocycles. The van der Waals surface area contributed by atoms with Gasteiger partial charge in [-0.3, -0.25) is 4.90 Å². The summed E-state index contributed by atoms with van der Waals surface area (Å²) in [5, 5.41) is 0. The number of methoxy groups -OCH3 is 2. The largest absolute Gasteiger partial charge is 0.501 e. The molecule has 2 heterocycles. The van der Waals surface area contributed by atoms with Gasteiger partial charge in [0, 0.05) is 24.6 Å². The molecule has 2 aliphatic carbocycles. The van der Waals surface area contributed by atoms with E-state index < -0.39 is 0 Å². The zero-order chi connectivity index (χ0) is 17.3. The van der Waals surface area contributed by atoms with E-state index in [9.17, 15) is 0 Å². The predicted octanol–water partition coefficient (Wildman–Crippen LogP) is 4.34. The Morgan fingerprint density at radius 2 is 2.12 bits per heavy atom. The van der Waals surface area contributed by atoms with Crippen molar-refractivity contribution in [1.29, 1.82) is 0 Å². The molecule has 1 aromatic heterocycles. The van der Waals surface area contributed by atoms with Crippen LogP contribution in [0.3, 0.4) is 0 Å². The smallest absolute Gasteiger partial charge is 0.112 e. The van der Waals surface area contributed by atoms with Crippen molar-refractivity contribution in [2.24, 2.45) is 5.92 Å². The molecule has 1 aromatic rings. The summed E-state index contributed by atoms with van der Waals surface area (Å²) in [5.74, 6) is 3.00. The van der Waals surface area contributed by atoms with Gasteiger partial charge in [0.2, 0.25) is 0 Å². The first kappa shape index (κ1) is 17.2. The number of hydrogen-bond donors (Lipinski definition) is 0. The van der Waals surface area contributed by atoms with Gasteiger partial charge >= 0.3 is 0 Å². The van der Waals surface area contributed by atoms with Crippen LogP contribution in [-0.4, -0.2) is 43.9 Å². The molecule has 0 aromatic carbocycles. The molecule has 4 atom stereocenters. The summed E-state index contributed by atoms with van der Waals surface area (Å²) >= 11 is 0. The van der Waals surface area contributed by atoms with E-state index in [1.165, 1.54) is 50.7 Å². The molecule has 0 amide bonds. The minimum Gasteiger partial charge on any atom is -0.501 e. The van der Waals surface area contributed by atoms with Crippen LogP contribution in [0.25, 0.3) is 0 Å². The monoisotopic (exact) mass is 345 g/mol. The van der Waals surface area contributed by atoms with Gasteiger partial charge in [-0.2, -0.15) is 0 Å². The maximum Gasteiger partial charge on any atom is 0.112 e. The molecule has 4 rings (SSSR count). The van der Waals surface area contributed by atoms with Gasteiger partial charge < -0.3 is 13.9 Å². The molecule has 4 nitrogen and oxygen atoms in total. The fourth-order valence-corrected chi connectivity index (χ4v) is 5.82. The fourth-order valence-electron chi connectivity index (χ4n) is 5.82. The summed E-state index contributed by atoms with van der Waals surface area (Å²) in [6.45, 7) is 1.98. The standard InChI is InChI=1S/C21H31NO3/c1-23-15-16-8-6-12-22(16)21-11-5-3-4-9-17(21)20(24-2)14-18(21)19-10-7-13-25-19/h7,10,13-14,16-18H,3-6,8-9,11-12,15H2,1-2H3/t16-,17-,18-,21+/m0/s1. The van der Waals surface area contributed by atoms with Crippen LogP contribution in [0.5, 0.6) is 0 Å². The summed E-state index contributed by atoms with van der Waals surface area (Å²) < 4.78 is 17.4. The lowest BCUT2D eigenvalue weighted by molar-refractivity contribution is -0.0143. The number of hydrogen-bond acceptors (Lipinski definition) is 4. The summed E-state index contributed by atoms with van der Waals surface area (Å²) in [5.41, 5.74) is 0.0827. The Kier molecular flexibility index (Phi) is 4.92. The van der Waals surface area contributed by atoms with Crippen LogP contribution in [0.15, 0.2) is 34.6 Å². The van der Waals surface area contributed by atoms with E-state index in [4.69, 9.17) is 13.9 Å². The van der Waals surface area contributed by atoms with Gasteiger partial charge in [0.05, 0.1) is 31.7 Å². The van der Waals surface area contributed by atoms with Crippen LogP contribution in [0, 0.1) is 5.92 Å². The van der Waals surface area contributed by atoms with Crippen LogP contribution >= 0.6 is 0 Å². The average Bonchev–Trinajstić information content (AvgIpc) is 3.32. The lowest BCUT2D eigenvalue weighted by Gasteiger charge is -2.49. The molecule has 4 heteroatoms. The van der Waals surface area contributed by atoms with Gasteiger partial charge in [-0.1, -0.05) is 19.3 Å². The first-order chi connectivity index (χ1) is 12.3. The summed E-state index contributed by atoms with van der Waals surface area (Å²) in [4.78, 5) is 2.78. The third-order valence-corrected chi connectivity index (χ3v) is 6.74. The molecule has 0 bridgehead atoms. The highest BCUT2D eigenvalue weighted by molar-refractivity contribution is 5.34. The van der Waals surface area contributed by atoms with Crippen LogP contribution in [0.2, 0.25) is 0 Å². The topological polar surface area (TPSA) is 34.8 Å². The second kappa shape index (κ2) is 7.16. The van der Waals surface area contributed by atoms with Crippen molar-refractivity contribution >= 4 is 0 Å². The Labute approximate surface area is 151 Å². The molecule has 138 valence electrons. The van der Waals surface area contributed by atoms with Gasteiger partial charge in [-0.15, -0.1) is 0 Å². The normalized spacial score (nSPS) is 36.1. The van der Waals surface area contributed by atoms with E-state index in [0.29, 0.717) is 12.0 Å². The van der Waals surface area contributed by atoms with E-state index in [-0.39, 0.29) is 11.5 Å². The van der Waals surface area contributed by atoms with Gasteiger partial charge in [0.25, 0.3) is 0 Å². The van der Waals surface area contributed by atoms with E-state index in [0.717, 1.165) is 18.9 Å². The van der Waals surface area contributed by atoms with Crippen LogP contribution in [0.1, 0.15) is 56.6 Å². The first-order valence-electron chi connectivity index (χ1n) is 9.86. The number of likely N-dealkylation sites (tertiary alicyclic amines) is 1. The summed E-state index contributed by atoms with van der Waals surface area (Å²) in [7, 11) is 3.67. The maximum absolute atomic E-state index is 5.92. The number of nitrogens with zero attached hydrogens (tertiary/aromatic N) is 1. The maximum atomic E-state index is 5.92. The minimum absolute atomic E-state index is 0.0827. The molecule has 1 saturated carbocycles. The number of ether oxygens (including phenoxy) is 2. The molecule has 1 saturated heterocycles. The van der Waals surface area contributed by atoms with Crippen molar-refractivity contribution in [2.45, 2.75) is 62.4 Å². The third-order valence-electron chi connectivity index (χ3n) is 6.74. The van der Waals surface area contributed by atoms with Crippen molar-refractivity contribution in [3.8, 4) is 0 Å². The predicted molar refractivity (Wildman–Crippen MR) is 97.5 cm³/mol. The Morgan fingerprint density at radius 1 is 1.20 bits per heavy atom. The second-order valence-corrected chi connectivity index (χ2v) is 7.85.